The molecule has 2 heterocycles. The predicted molar refractivity (Wildman–Crippen MR) is 156 cm³/mol. The highest BCUT2D eigenvalue weighted by molar-refractivity contribution is 6.31. The Morgan fingerprint density at radius 3 is 2.59 bits per heavy atom. The number of phenolic OH excluding ortho intramolecular Hbond substituents is 1. The number of aromatic hydroxyl groups is 1. The Morgan fingerprint density at radius 2 is 1.85 bits per heavy atom. The van der Waals surface area contributed by atoms with Crippen molar-refractivity contribution in [2.45, 2.75) is 52.1 Å². The fraction of sp³-hybridized carbons (Fsp3) is 0.312. The zero-order valence-electron chi connectivity index (χ0n) is 23.3. The Bertz CT molecular complexity index is 1550. The van der Waals surface area contributed by atoms with Gasteiger partial charge in [0.05, 0.1) is 19.8 Å². The van der Waals surface area contributed by atoms with Gasteiger partial charge in [0, 0.05) is 22.7 Å². The zero-order valence-corrected chi connectivity index (χ0v) is 24.1. The summed E-state index contributed by atoms with van der Waals surface area (Å²) >= 11 is 6.42. The van der Waals surface area contributed by atoms with Crippen LogP contribution in [0.25, 0.3) is 11.3 Å². The van der Waals surface area contributed by atoms with Crippen LogP contribution in [-0.4, -0.2) is 39.8 Å². The molecule has 1 atom stereocenters. The van der Waals surface area contributed by atoms with Crippen molar-refractivity contribution in [2.75, 3.05) is 13.7 Å². The van der Waals surface area contributed by atoms with E-state index in [0.29, 0.717) is 45.6 Å². The lowest BCUT2D eigenvalue weighted by Crippen LogP contribution is -2.29. The standard InChI is InChI=1S/C32H33ClFN3O4/c1-4-5-6-7-14-41-26-13-10-21(16-27(26)40-3)31-28-29(23-17-24(33)19(2)15-25(23)38)35-36-30(28)32(39)37(31)18-20-8-11-22(34)12-9-20/h8-13,15-17,31,38H,4-7,14,18H2,1-3H3,(H,35,36). The molecule has 1 aromatic heterocycles. The molecule has 2 N–H and O–H groups in total. The van der Waals surface area contributed by atoms with Gasteiger partial charge in [0.2, 0.25) is 0 Å². The monoisotopic (exact) mass is 577 g/mol. The van der Waals surface area contributed by atoms with Gasteiger partial charge in [-0.3, -0.25) is 9.89 Å². The van der Waals surface area contributed by atoms with Crippen molar-refractivity contribution in [3.05, 3.63) is 93.4 Å². The molecule has 4 aromatic rings. The highest BCUT2D eigenvalue weighted by Crippen LogP contribution is 2.47. The summed E-state index contributed by atoms with van der Waals surface area (Å²) in [4.78, 5) is 15.5. The quantitative estimate of drug-likeness (QED) is 0.179. The first-order valence-corrected chi connectivity index (χ1v) is 14.1. The molecule has 0 radical (unpaired) electrons. The molecule has 1 unspecified atom stereocenters. The van der Waals surface area contributed by atoms with Crippen LogP contribution in [0.3, 0.4) is 0 Å². The van der Waals surface area contributed by atoms with Gasteiger partial charge in [0.15, 0.2) is 11.5 Å². The third-order valence-electron chi connectivity index (χ3n) is 7.42. The lowest BCUT2D eigenvalue weighted by Gasteiger charge is -2.27. The third-order valence-corrected chi connectivity index (χ3v) is 7.83. The first-order chi connectivity index (χ1) is 19.8. The summed E-state index contributed by atoms with van der Waals surface area (Å²) in [5.41, 5.74) is 4.04. The molecule has 3 aromatic carbocycles. The number of aryl methyl sites for hydroxylation is 1. The Labute approximate surface area is 243 Å². The van der Waals surface area contributed by atoms with Crippen LogP contribution in [0.15, 0.2) is 54.6 Å². The maximum absolute atomic E-state index is 13.8. The van der Waals surface area contributed by atoms with Crippen molar-refractivity contribution in [1.82, 2.24) is 15.1 Å². The van der Waals surface area contributed by atoms with E-state index >= 15 is 0 Å². The lowest BCUT2D eigenvalue weighted by molar-refractivity contribution is 0.0730. The maximum atomic E-state index is 13.8. The average Bonchev–Trinajstić information content (AvgIpc) is 3.50. The van der Waals surface area contributed by atoms with Gasteiger partial charge in [0.1, 0.15) is 23.0 Å². The van der Waals surface area contributed by atoms with Crippen molar-refractivity contribution < 1.29 is 23.8 Å². The fourth-order valence-electron chi connectivity index (χ4n) is 5.24. The number of methoxy groups -OCH3 is 1. The molecule has 0 aliphatic carbocycles. The summed E-state index contributed by atoms with van der Waals surface area (Å²) in [7, 11) is 1.58. The van der Waals surface area contributed by atoms with E-state index < -0.39 is 6.04 Å². The summed E-state index contributed by atoms with van der Waals surface area (Å²) in [5, 5.41) is 18.7. The molecular weight excluding hydrogens is 545 g/mol. The van der Waals surface area contributed by atoms with Gasteiger partial charge in [-0.25, -0.2) is 4.39 Å². The lowest BCUT2D eigenvalue weighted by atomic mass is 9.94. The molecule has 1 amide bonds. The van der Waals surface area contributed by atoms with Gasteiger partial charge in [-0.15, -0.1) is 0 Å². The molecule has 0 spiro atoms. The van der Waals surface area contributed by atoms with Gasteiger partial charge in [-0.2, -0.15) is 5.10 Å². The number of carbonyl (C=O) groups is 1. The summed E-state index contributed by atoms with van der Waals surface area (Å²) in [6, 6.07) is 14.4. The number of hydrogen-bond acceptors (Lipinski definition) is 5. The van der Waals surface area contributed by atoms with Crippen LogP contribution in [0.5, 0.6) is 17.2 Å². The fourth-order valence-corrected chi connectivity index (χ4v) is 5.40. The predicted octanol–water partition coefficient (Wildman–Crippen LogP) is 7.60. The van der Waals surface area contributed by atoms with Crippen molar-refractivity contribution >= 4 is 17.5 Å². The number of rotatable bonds is 11. The van der Waals surface area contributed by atoms with Crippen LogP contribution >= 0.6 is 11.6 Å². The zero-order chi connectivity index (χ0) is 29.1. The van der Waals surface area contributed by atoms with Gasteiger partial charge in [0.25, 0.3) is 5.91 Å². The molecule has 0 saturated carbocycles. The molecule has 0 bridgehead atoms. The summed E-state index contributed by atoms with van der Waals surface area (Å²) in [5.74, 6) is 0.566. The smallest absolute Gasteiger partial charge is 0.273 e. The van der Waals surface area contributed by atoms with Crippen LogP contribution < -0.4 is 9.47 Å². The molecule has 9 heteroatoms. The van der Waals surface area contributed by atoms with Crippen molar-refractivity contribution in [3.63, 3.8) is 0 Å². The van der Waals surface area contributed by atoms with E-state index in [1.54, 1.807) is 43.2 Å². The second-order valence-electron chi connectivity index (χ2n) is 10.3. The first-order valence-electron chi connectivity index (χ1n) is 13.8. The summed E-state index contributed by atoms with van der Waals surface area (Å²) < 4.78 is 25.4. The molecule has 1 aliphatic rings. The topological polar surface area (TPSA) is 87.7 Å². The second kappa shape index (κ2) is 12.2. The van der Waals surface area contributed by atoms with Crippen LogP contribution in [0.2, 0.25) is 5.02 Å². The number of aromatic nitrogens is 2. The number of phenols is 1. The Kier molecular flexibility index (Phi) is 8.49. The number of fused-ring (bicyclic) bond motifs is 1. The molecule has 0 fully saturated rings. The minimum atomic E-state index is -0.580. The maximum Gasteiger partial charge on any atom is 0.273 e. The van der Waals surface area contributed by atoms with Crippen molar-refractivity contribution in [1.29, 1.82) is 0 Å². The summed E-state index contributed by atoms with van der Waals surface area (Å²) in [6.07, 6.45) is 4.36. The van der Waals surface area contributed by atoms with E-state index in [1.807, 2.05) is 18.2 Å². The van der Waals surface area contributed by atoms with E-state index in [-0.39, 0.29) is 24.0 Å². The number of ether oxygens (including phenoxy) is 2. The van der Waals surface area contributed by atoms with Crippen LogP contribution in [0.1, 0.15) is 71.4 Å². The number of carbonyl (C=O) groups excluding carboxylic acids is 1. The van der Waals surface area contributed by atoms with E-state index in [9.17, 15) is 14.3 Å². The third kappa shape index (κ3) is 5.75. The molecule has 7 nitrogen and oxygen atoms in total. The van der Waals surface area contributed by atoms with E-state index in [1.165, 1.54) is 12.1 Å². The molecule has 0 saturated heterocycles. The number of H-pyrrole nitrogens is 1. The molecule has 41 heavy (non-hydrogen) atoms. The number of nitrogens with one attached hydrogen (secondary N) is 1. The largest absolute Gasteiger partial charge is 0.507 e. The van der Waals surface area contributed by atoms with Crippen molar-refractivity contribution in [2.24, 2.45) is 0 Å². The highest BCUT2D eigenvalue weighted by Gasteiger charge is 2.43. The molecule has 214 valence electrons. The minimum Gasteiger partial charge on any atom is -0.507 e. The van der Waals surface area contributed by atoms with Gasteiger partial charge >= 0.3 is 0 Å². The molecule has 5 rings (SSSR count). The van der Waals surface area contributed by atoms with Gasteiger partial charge in [-0.1, -0.05) is 56.0 Å². The van der Waals surface area contributed by atoms with Gasteiger partial charge in [-0.05, 0) is 66.4 Å². The highest BCUT2D eigenvalue weighted by atomic mass is 35.5. The second-order valence-corrected chi connectivity index (χ2v) is 10.7. The molecular formula is C32H33ClFN3O4. The SMILES string of the molecule is CCCCCCOc1ccc(C2c3c(-c4cc(Cl)c(C)cc4O)n[nH]c3C(=O)N2Cc2ccc(F)cc2)cc1OC. The van der Waals surface area contributed by atoms with Crippen LogP contribution in [0.4, 0.5) is 4.39 Å². The number of amides is 1. The molecule has 1 aliphatic heterocycles. The van der Waals surface area contributed by atoms with Crippen LogP contribution in [0, 0.1) is 12.7 Å². The normalized spacial score (nSPS) is 14.4. The number of halogens is 2. The van der Waals surface area contributed by atoms with Crippen molar-refractivity contribution in [3.8, 4) is 28.5 Å². The number of benzene rings is 3. The van der Waals surface area contributed by atoms with Gasteiger partial charge < -0.3 is 19.5 Å². The first kappa shape index (κ1) is 28.5. The number of nitrogens with zero attached hydrogens (tertiary/aromatic N) is 2. The van der Waals surface area contributed by atoms with Crippen LogP contribution in [-0.2, 0) is 6.54 Å². The summed E-state index contributed by atoms with van der Waals surface area (Å²) in [6.45, 7) is 4.78. The number of aromatic amines is 1. The number of unbranched alkanes of at least 4 members (excludes halogenated alkanes) is 3. The van der Waals surface area contributed by atoms with E-state index in [4.69, 9.17) is 21.1 Å². The average molecular weight is 578 g/mol. The Balaban J connectivity index is 1.57. The van der Waals surface area contributed by atoms with E-state index in [2.05, 4.69) is 17.1 Å². The van der Waals surface area contributed by atoms with E-state index in [0.717, 1.165) is 42.4 Å². The Morgan fingerprint density at radius 1 is 1.07 bits per heavy atom. The Hall–Kier alpha value is -4.04. The minimum absolute atomic E-state index is 0.00813. The number of hydrogen-bond donors (Lipinski definition) is 2.